The lowest BCUT2D eigenvalue weighted by atomic mass is 9.99. The molecule has 0 radical (unpaired) electrons. The predicted molar refractivity (Wildman–Crippen MR) is 86.6 cm³/mol. The fourth-order valence-electron chi connectivity index (χ4n) is 2.49. The first-order valence-corrected chi connectivity index (χ1v) is 7.53. The predicted octanol–water partition coefficient (Wildman–Crippen LogP) is 4.76. The third-order valence-electron chi connectivity index (χ3n) is 3.47. The number of hydrogen-bond acceptors (Lipinski definition) is 1. The van der Waals surface area contributed by atoms with Gasteiger partial charge in [0.15, 0.2) is 0 Å². The van der Waals surface area contributed by atoms with Crippen molar-refractivity contribution >= 4 is 23.2 Å². The fourth-order valence-corrected chi connectivity index (χ4v) is 2.86. The lowest BCUT2D eigenvalue weighted by molar-refractivity contribution is 0.443. The van der Waals surface area contributed by atoms with Crippen LogP contribution in [0, 0.1) is 5.92 Å². The minimum atomic E-state index is 0.367. The van der Waals surface area contributed by atoms with Gasteiger partial charge in [0.1, 0.15) is 0 Å². The second-order valence-electron chi connectivity index (χ2n) is 5.36. The van der Waals surface area contributed by atoms with E-state index in [4.69, 9.17) is 23.2 Å². The minimum Gasteiger partial charge on any atom is -0.350 e. The molecule has 1 atom stereocenters. The number of aromatic nitrogens is 1. The Bertz CT molecular complexity index is 576. The van der Waals surface area contributed by atoms with Gasteiger partial charge in [-0.15, -0.1) is 0 Å². The van der Waals surface area contributed by atoms with E-state index < -0.39 is 0 Å². The van der Waals surface area contributed by atoms with Gasteiger partial charge in [0.25, 0.3) is 0 Å². The second-order valence-corrected chi connectivity index (χ2v) is 6.21. The van der Waals surface area contributed by atoms with Gasteiger partial charge in [0.05, 0.1) is 0 Å². The Morgan fingerprint density at radius 1 is 1.20 bits per heavy atom. The van der Waals surface area contributed by atoms with Crippen LogP contribution in [0.1, 0.15) is 31.0 Å². The number of benzene rings is 1. The van der Waals surface area contributed by atoms with Gasteiger partial charge in [-0.2, -0.15) is 0 Å². The number of hydrogen-bond donors (Lipinski definition) is 1. The maximum Gasteiger partial charge on any atom is 0.0485 e. The highest BCUT2D eigenvalue weighted by Gasteiger charge is 2.14. The molecule has 1 unspecified atom stereocenters. The Kier molecular flexibility index (Phi) is 5.14. The molecule has 1 aromatic heterocycles. The van der Waals surface area contributed by atoms with E-state index in [2.05, 4.69) is 42.2 Å². The zero-order valence-electron chi connectivity index (χ0n) is 12.0. The van der Waals surface area contributed by atoms with E-state index in [0.717, 1.165) is 17.1 Å². The Morgan fingerprint density at radius 3 is 2.60 bits per heavy atom. The molecule has 0 aliphatic rings. The van der Waals surface area contributed by atoms with E-state index in [-0.39, 0.29) is 0 Å². The minimum absolute atomic E-state index is 0.367. The lowest BCUT2D eigenvalue weighted by Gasteiger charge is -2.18. The van der Waals surface area contributed by atoms with E-state index in [1.807, 2.05) is 25.2 Å². The molecule has 1 aromatic carbocycles. The maximum atomic E-state index is 6.21. The van der Waals surface area contributed by atoms with Crippen molar-refractivity contribution < 1.29 is 0 Å². The molecule has 0 bridgehead atoms. The Hall–Kier alpha value is -0.960. The van der Waals surface area contributed by atoms with Crippen molar-refractivity contribution in [2.75, 3.05) is 7.05 Å². The van der Waals surface area contributed by atoms with Crippen LogP contribution in [0.25, 0.3) is 0 Å². The van der Waals surface area contributed by atoms with Crippen LogP contribution in [0.4, 0.5) is 0 Å². The molecule has 0 aliphatic heterocycles. The van der Waals surface area contributed by atoms with Crippen molar-refractivity contribution in [2.45, 2.75) is 26.4 Å². The molecule has 108 valence electrons. The number of nitrogens with zero attached hydrogens (tertiary/aromatic N) is 1. The highest BCUT2D eigenvalue weighted by atomic mass is 35.5. The van der Waals surface area contributed by atoms with Crippen molar-refractivity contribution in [3.8, 4) is 0 Å². The molecule has 2 rings (SSSR count). The molecule has 20 heavy (non-hydrogen) atoms. The van der Waals surface area contributed by atoms with Crippen LogP contribution in [0.3, 0.4) is 0 Å². The van der Waals surface area contributed by atoms with Gasteiger partial charge in [-0.05, 0) is 48.4 Å². The van der Waals surface area contributed by atoms with Crippen LogP contribution < -0.4 is 5.32 Å². The van der Waals surface area contributed by atoms with Crippen LogP contribution in [0.5, 0.6) is 0 Å². The highest BCUT2D eigenvalue weighted by molar-refractivity contribution is 6.33. The van der Waals surface area contributed by atoms with E-state index in [1.165, 1.54) is 5.56 Å². The molecule has 2 nitrogen and oxygen atoms in total. The third kappa shape index (κ3) is 3.57. The first-order chi connectivity index (χ1) is 9.51. The van der Waals surface area contributed by atoms with Crippen LogP contribution in [-0.2, 0) is 6.54 Å². The molecule has 1 N–H and O–H groups in total. The van der Waals surface area contributed by atoms with Crippen molar-refractivity contribution in [1.29, 1.82) is 0 Å². The normalized spacial score (nSPS) is 12.9. The Morgan fingerprint density at radius 2 is 1.95 bits per heavy atom. The van der Waals surface area contributed by atoms with Gasteiger partial charge in [0.2, 0.25) is 0 Å². The van der Waals surface area contributed by atoms with Crippen molar-refractivity contribution in [1.82, 2.24) is 9.88 Å². The summed E-state index contributed by atoms with van der Waals surface area (Å²) >= 11 is 12.2. The summed E-state index contributed by atoms with van der Waals surface area (Å²) in [5.74, 6) is 0.547. The van der Waals surface area contributed by atoms with E-state index in [9.17, 15) is 0 Å². The molecule has 0 spiro atoms. The van der Waals surface area contributed by atoms with Crippen LogP contribution in [0.2, 0.25) is 10.0 Å². The van der Waals surface area contributed by atoms with Crippen molar-refractivity contribution in [2.24, 2.45) is 5.92 Å². The molecular formula is C16H20Cl2N2. The quantitative estimate of drug-likeness (QED) is 0.842. The summed E-state index contributed by atoms with van der Waals surface area (Å²) in [7, 11) is 2.00. The highest BCUT2D eigenvalue weighted by Crippen LogP contribution is 2.24. The number of rotatable bonds is 5. The first kappa shape index (κ1) is 15.4. The van der Waals surface area contributed by atoms with Crippen LogP contribution in [-0.4, -0.2) is 11.6 Å². The molecule has 4 heteroatoms. The summed E-state index contributed by atoms with van der Waals surface area (Å²) in [6.45, 7) is 5.16. The standard InChI is InChI=1S/C16H20Cl2N2/c1-11(2)16(19-3)12-6-7-20(9-12)10-13-8-14(17)4-5-15(13)18/h4-9,11,16,19H,10H2,1-3H3. The molecule has 0 saturated heterocycles. The summed E-state index contributed by atoms with van der Waals surface area (Å²) in [6, 6.07) is 8.09. The largest absolute Gasteiger partial charge is 0.350 e. The molecule has 1 heterocycles. The summed E-state index contributed by atoms with van der Waals surface area (Å²) in [4.78, 5) is 0. The van der Waals surface area contributed by atoms with Gasteiger partial charge in [0, 0.05) is 35.0 Å². The maximum absolute atomic E-state index is 6.21. The summed E-state index contributed by atoms with van der Waals surface area (Å²) in [6.07, 6.45) is 4.25. The number of halogens is 2. The molecule has 0 fully saturated rings. The number of nitrogens with one attached hydrogen (secondary N) is 1. The smallest absolute Gasteiger partial charge is 0.0485 e. The average Bonchev–Trinajstić information content (AvgIpc) is 2.82. The zero-order valence-corrected chi connectivity index (χ0v) is 13.5. The molecule has 0 amide bonds. The average molecular weight is 311 g/mol. The Labute approximate surface area is 130 Å². The van der Waals surface area contributed by atoms with E-state index >= 15 is 0 Å². The monoisotopic (exact) mass is 310 g/mol. The molecular weight excluding hydrogens is 291 g/mol. The molecule has 2 aromatic rings. The van der Waals surface area contributed by atoms with Crippen LogP contribution in [0.15, 0.2) is 36.7 Å². The Balaban J connectivity index is 2.19. The summed E-state index contributed by atoms with van der Waals surface area (Å²) in [5, 5.41) is 4.82. The zero-order chi connectivity index (χ0) is 14.7. The lowest BCUT2D eigenvalue weighted by Crippen LogP contribution is -2.21. The summed E-state index contributed by atoms with van der Waals surface area (Å²) in [5.41, 5.74) is 2.33. The van der Waals surface area contributed by atoms with Gasteiger partial charge in [-0.3, -0.25) is 0 Å². The van der Waals surface area contributed by atoms with Gasteiger partial charge in [-0.1, -0.05) is 37.0 Å². The molecule has 0 saturated carbocycles. The van der Waals surface area contributed by atoms with Crippen molar-refractivity contribution in [3.05, 3.63) is 57.8 Å². The summed E-state index contributed by atoms with van der Waals surface area (Å²) < 4.78 is 2.14. The van der Waals surface area contributed by atoms with Crippen molar-refractivity contribution in [3.63, 3.8) is 0 Å². The second kappa shape index (κ2) is 6.66. The van der Waals surface area contributed by atoms with Gasteiger partial charge < -0.3 is 9.88 Å². The van der Waals surface area contributed by atoms with E-state index in [1.54, 1.807) is 0 Å². The SMILES string of the molecule is CNC(c1ccn(Cc2cc(Cl)ccc2Cl)c1)C(C)C. The third-order valence-corrected chi connectivity index (χ3v) is 4.07. The van der Waals surface area contributed by atoms with Gasteiger partial charge >= 0.3 is 0 Å². The first-order valence-electron chi connectivity index (χ1n) is 6.78. The molecule has 0 aliphatic carbocycles. The van der Waals surface area contributed by atoms with Crippen LogP contribution >= 0.6 is 23.2 Å². The van der Waals surface area contributed by atoms with Gasteiger partial charge in [-0.25, -0.2) is 0 Å². The topological polar surface area (TPSA) is 17.0 Å². The fraction of sp³-hybridized carbons (Fsp3) is 0.375. The van der Waals surface area contributed by atoms with E-state index in [0.29, 0.717) is 17.0 Å².